The first kappa shape index (κ1) is 18.2. The van der Waals surface area contributed by atoms with Gasteiger partial charge in [0.05, 0.1) is 14.2 Å². The lowest BCUT2D eigenvalue weighted by Crippen LogP contribution is -1.93. The molecule has 0 fully saturated rings. The highest BCUT2D eigenvalue weighted by molar-refractivity contribution is 5.87. The average Bonchev–Trinajstić information content (AvgIpc) is 2.66. The second-order valence-corrected chi connectivity index (χ2v) is 5.37. The molecule has 0 aromatic heterocycles. The Morgan fingerprint density at radius 2 is 1.08 bits per heavy atom. The van der Waals surface area contributed by atoms with Crippen LogP contribution in [0.1, 0.15) is 22.3 Å². The van der Waals surface area contributed by atoms with Crippen molar-refractivity contribution in [2.24, 2.45) is 0 Å². The Bertz CT molecular complexity index is 701. The molecule has 2 rings (SSSR count). The van der Waals surface area contributed by atoms with Gasteiger partial charge in [-0.15, -0.1) is 0 Å². The van der Waals surface area contributed by atoms with Gasteiger partial charge < -0.3 is 9.47 Å². The summed E-state index contributed by atoms with van der Waals surface area (Å²) >= 11 is 0. The van der Waals surface area contributed by atoms with Crippen molar-refractivity contribution in [3.63, 3.8) is 0 Å². The smallest absolute Gasteiger partial charge is 0.330 e. The largest absolute Gasteiger partial charge is 0.466 e. The quantitative estimate of drug-likeness (QED) is 0.597. The van der Waals surface area contributed by atoms with Crippen molar-refractivity contribution in [1.82, 2.24) is 0 Å². The van der Waals surface area contributed by atoms with Gasteiger partial charge in [0.25, 0.3) is 0 Å². The third-order valence-electron chi connectivity index (χ3n) is 3.59. The van der Waals surface area contributed by atoms with E-state index >= 15 is 0 Å². The van der Waals surface area contributed by atoms with Crippen LogP contribution in [0, 0.1) is 0 Å². The molecule has 4 heteroatoms. The number of rotatable bonds is 6. The number of benzene rings is 2. The highest BCUT2D eigenvalue weighted by Crippen LogP contribution is 2.13. The summed E-state index contributed by atoms with van der Waals surface area (Å²) in [4.78, 5) is 22.2. The molecule has 25 heavy (non-hydrogen) atoms. The second kappa shape index (κ2) is 9.23. The molecule has 0 N–H and O–H groups in total. The third-order valence-corrected chi connectivity index (χ3v) is 3.59. The Kier molecular flexibility index (Phi) is 6.72. The Balaban J connectivity index is 1.98. The molecule has 0 atom stereocenters. The highest BCUT2D eigenvalue weighted by atomic mass is 16.5. The number of carbonyl (C=O) groups is 2. The van der Waals surface area contributed by atoms with Crippen LogP contribution in [0.4, 0.5) is 0 Å². The van der Waals surface area contributed by atoms with E-state index in [1.54, 1.807) is 12.2 Å². The van der Waals surface area contributed by atoms with E-state index in [9.17, 15) is 9.59 Å². The molecule has 0 saturated carbocycles. The van der Waals surface area contributed by atoms with E-state index in [2.05, 4.69) is 9.47 Å². The van der Waals surface area contributed by atoms with Crippen LogP contribution >= 0.6 is 0 Å². The fourth-order valence-corrected chi connectivity index (χ4v) is 2.19. The molecule has 128 valence electrons. The molecule has 0 spiro atoms. The fourth-order valence-electron chi connectivity index (χ4n) is 2.19. The van der Waals surface area contributed by atoms with E-state index in [-0.39, 0.29) is 11.9 Å². The zero-order valence-electron chi connectivity index (χ0n) is 14.3. The maximum absolute atomic E-state index is 11.1. The molecule has 0 amide bonds. The van der Waals surface area contributed by atoms with Crippen LogP contribution < -0.4 is 0 Å². The average molecular weight is 336 g/mol. The van der Waals surface area contributed by atoms with E-state index in [0.29, 0.717) is 0 Å². The van der Waals surface area contributed by atoms with Crippen LogP contribution in [0.2, 0.25) is 0 Å². The van der Waals surface area contributed by atoms with Crippen molar-refractivity contribution in [3.05, 3.63) is 82.9 Å². The normalized spacial score (nSPS) is 11.0. The summed E-state index contributed by atoms with van der Waals surface area (Å²) < 4.78 is 9.13. The highest BCUT2D eigenvalue weighted by Gasteiger charge is 1.98. The van der Waals surface area contributed by atoms with Gasteiger partial charge in [-0.05, 0) is 40.8 Å². The molecule has 0 aliphatic rings. The van der Waals surface area contributed by atoms with Gasteiger partial charge in [0.2, 0.25) is 0 Å². The van der Waals surface area contributed by atoms with Crippen molar-refractivity contribution < 1.29 is 19.1 Å². The Labute approximate surface area is 147 Å². The number of ether oxygens (including phenoxy) is 2. The molecular formula is C21H20O4. The minimum atomic E-state index is -0.370. The summed E-state index contributed by atoms with van der Waals surface area (Å²) in [5.41, 5.74) is 4.23. The summed E-state index contributed by atoms with van der Waals surface area (Å²) in [6.07, 6.45) is 7.04. The van der Waals surface area contributed by atoms with Crippen LogP contribution in [-0.2, 0) is 25.5 Å². The number of carbonyl (C=O) groups excluding carboxylic acids is 2. The van der Waals surface area contributed by atoms with Crippen molar-refractivity contribution in [2.45, 2.75) is 6.42 Å². The monoisotopic (exact) mass is 336 g/mol. The zero-order valence-corrected chi connectivity index (χ0v) is 14.3. The lowest BCUT2D eigenvalue weighted by atomic mass is 10.0. The molecule has 0 radical (unpaired) electrons. The summed E-state index contributed by atoms with van der Waals surface area (Å²) in [5.74, 6) is -0.740. The topological polar surface area (TPSA) is 52.6 Å². The summed E-state index contributed by atoms with van der Waals surface area (Å²) in [6, 6.07) is 16.0. The van der Waals surface area contributed by atoms with Crippen molar-refractivity contribution in [1.29, 1.82) is 0 Å². The molecule has 0 bridgehead atoms. The molecule has 0 aliphatic heterocycles. The van der Waals surface area contributed by atoms with Gasteiger partial charge >= 0.3 is 11.9 Å². The predicted molar refractivity (Wildman–Crippen MR) is 97.8 cm³/mol. The molecule has 2 aromatic rings. The van der Waals surface area contributed by atoms with Gasteiger partial charge in [-0.3, -0.25) is 0 Å². The zero-order chi connectivity index (χ0) is 18.1. The third kappa shape index (κ3) is 6.11. The molecule has 0 unspecified atom stereocenters. The number of methoxy groups -OCH3 is 2. The number of hydrogen-bond donors (Lipinski definition) is 0. The van der Waals surface area contributed by atoms with Gasteiger partial charge in [0, 0.05) is 12.2 Å². The molecule has 2 aromatic carbocycles. The number of hydrogen-bond acceptors (Lipinski definition) is 4. The maximum Gasteiger partial charge on any atom is 0.330 e. The molecule has 4 nitrogen and oxygen atoms in total. The van der Waals surface area contributed by atoms with Gasteiger partial charge in [0.1, 0.15) is 0 Å². The van der Waals surface area contributed by atoms with E-state index in [1.165, 1.54) is 37.5 Å². The predicted octanol–water partition coefficient (Wildman–Crippen LogP) is 3.65. The lowest BCUT2D eigenvalue weighted by Gasteiger charge is -2.04. The van der Waals surface area contributed by atoms with Crippen LogP contribution in [0.15, 0.2) is 60.7 Å². The Morgan fingerprint density at radius 1 is 0.720 bits per heavy atom. The van der Waals surface area contributed by atoms with Gasteiger partial charge in [-0.1, -0.05) is 48.5 Å². The summed E-state index contributed by atoms with van der Waals surface area (Å²) in [5, 5.41) is 0. The van der Waals surface area contributed by atoms with E-state index in [0.717, 1.165) is 17.5 Å². The van der Waals surface area contributed by atoms with Crippen LogP contribution in [0.5, 0.6) is 0 Å². The van der Waals surface area contributed by atoms with E-state index in [1.807, 2.05) is 48.5 Å². The second-order valence-electron chi connectivity index (χ2n) is 5.37. The van der Waals surface area contributed by atoms with Crippen molar-refractivity contribution >= 4 is 24.1 Å². The van der Waals surface area contributed by atoms with Crippen LogP contribution in [-0.4, -0.2) is 26.2 Å². The maximum atomic E-state index is 11.1. The molecule has 0 aliphatic carbocycles. The summed E-state index contributed by atoms with van der Waals surface area (Å²) in [7, 11) is 2.71. The SMILES string of the molecule is COC(=O)/C=C/c1ccc(Cc2ccc(/C=C/C(=O)OC)cc2)cc1. The number of esters is 2. The molecular weight excluding hydrogens is 316 g/mol. The lowest BCUT2D eigenvalue weighted by molar-refractivity contribution is -0.135. The van der Waals surface area contributed by atoms with Crippen molar-refractivity contribution in [3.8, 4) is 0 Å². The van der Waals surface area contributed by atoms with E-state index < -0.39 is 0 Å². The van der Waals surface area contributed by atoms with Gasteiger partial charge in [-0.25, -0.2) is 9.59 Å². The Morgan fingerprint density at radius 3 is 1.40 bits per heavy atom. The summed E-state index contributed by atoms with van der Waals surface area (Å²) in [6.45, 7) is 0. The first-order chi connectivity index (χ1) is 12.1. The van der Waals surface area contributed by atoms with Gasteiger partial charge in [0.15, 0.2) is 0 Å². The molecule has 0 saturated heterocycles. The first-order valence-electron chi connectivity index (χ1n) is 7.80. The molecule has 0 heterocycles. The minimum Gasteiger partial charge on any atom is -0.466 e. The Hall–Kier alpha value is -3.14. The van der Waals surface area contributed by atoms with Crippen LogP contribution in [0.25, 0.3) is 12.2 Å². The van der Waals surface area contributed by atoms with E-state index in [4.69, 9.17) is 0 Å². The van der Waals surface area contributed by atoms with Gasteiger partial charge in [-0.2, -0.15) is 0 Å². The van der Waals surface area contributed by atoms with Crippen molar-refractivity contribution in [2.75, 3.05) is 14.2 Å². The van der Waals surface area contributed by atoms with Crippen LogP contribution in [0.3, 0.4) is 0 Å². The minimum absolute atomic E-state index is 0.370. The standard InChI is InChI=1S/C21H20O4/c1-24-20(22)13-11-16-3-7-18(8-4-16)15-19-9-5-17(6-10-19)12-14-21(23)25-2/h3-14H,15H2,1-2H3/b13-11+,14-12+. The fraction of sp³-hybridized carbons (Fsp3) is 0.143. The first-order valence-corrected chi connectivity index (χ1v) is 7.80.